The van der Waals surface area contributed by atoms with Crippen LogP contribution in [0, 0.1) is 0 Å². The van der Waals surface area contributed by atoms with Crippen LogP contribution in [0.4, 0.5) is 4.79 Å². The summed E-state index contributed by atoms with van der Waals surface area (Å²) in [6, 6.07) is 8.57. The van der Waals surface area contributed by atoms with Crippen LogP contribution in [-0.4, -0.2) is 35.4 Å². The highest BCUT2D eigenvalue weighted by molar-refractivity contribution is 5.86. The molecule has 108 valence electrons. The molecule has 0 bridgehead atoms. The van der Waals surface area contributed by atoms with Gasteiger partial charge in [0.2, 0.25) is 0 Å². The quantitative estimate of drug-likeness (QED) is 0.785. The summed E-state index contributed by atoms with van der Waals surface area (Å²) in [5.74, 6) is -0.714. The van der Waals surface area contributed by atoms with E-state index in [1.54, 1.807) is 6.92 Å². The summed E-state index contributed by atoms with van der Waals surface area (Å²) >= 11 is 0. The minimum absolute atomic E-state index is 0.136. The number of hydrogen-bond donors (Lipinski definition) is 2. The zero-order valence-corrected chi connectivity index (χ0v) is 11.2. The summed E-state index contributed by atoms with van der Waals surface area (Å²) in [5.41, 5.74) is -0.749. The molecule has 1 saturated carbocycles. The van der Waals surface area contributed by atoms with Crippen molar-refractivity contribution in [2.45, 2.75) is 31.6 Å². The molecule has 6 heteroatoms. The number of ether oxygens (including phenoxy) is 2. The van der Waals surface area contributed by atoms with Crippen molar-refractivity contribution in [2.75, 3.05) is 6.61 Å². The van der Waals surface area contributed by atoms with E-state index in [0.29, 0.717) is 0 Å². The monoisotopic (exact) mass is 279 g/mol. The van der Waals surface area contributed by atoms with Gasteiger partial charge in [-0.2, -0.15) is 0 Å². The predicted octanol–water partition coefficient (Wildman–Crippen LogP) is 0.979. The molecule has 2 rings (SSSR count). The maximum Gasteiger partial charge on any atom is 0.407 e. The van der Waals surface area contributed by atoms with Crippen molar-refractivity contribution >= 4 is 12.1 Å². The number of nitrogens with one attached hydrogen (secondary N) is 1. The summed E-state index contributed by atoms with van der Waals surface area (Å²) in [6.07, 6.45) is -0.522. The van der Waals surface area contributed by atoms with Crippen molar-refractivity contribution in [2.24, 2.45) is 0 Å². The molecule has 2 atom stereocenters. The Bertz CT molecular complexity index is 490. The van der Waals surface area contributed by atoms with Crippen LogP contribution >= 0.6 is 0 Å². The SMILES string of the molecule is CCOC(=O)[C@]1(O)CC1NC(=O)OCc1ccccc1. The molecule has 1 fully saturated rings. The Labute approximate surface area is 116 Å². The van der Waals surface area contributed by atoms with Gasteiger partial charge in [0.25, 0.3) is 0 Å². The molecule has 6 nitrogen and oxygen atoms in total. The second-order valence-electron chi connectivity index (χ2n) is 4.61. The van der Waals surface area contributed by atoms with Gasteiger partial charge in [-0.05, 0) is 12.5 Å². The van der Waals surface area contributed by atoms with E-state index in [4.69, 9.17) is 9.47 Å². The Morgan fingerprint density at radius 3 is 2.70 bits per heavy atom. The fourth-order valence-corrected chi connectivity index (χ4v) is 1.81. The van der Waals surface area contributed by atoms with E-state index in [0.717, 1.165) is 5.56 Å². The first-order chi connectivity index (χ1) is 9.56. The first-order valence-corrected chi connectivity index (χ1v) is 6.43. The number of carbonyl (C=O) groups excluding carboxylic acids is 2. The third kappa shape index (κ3) is 3.27. The van der Waals surface area contributed by atoms with Crippen molar-refractivity contribution < 1.29 is 24.2 Å². The van der Waals surface area contributed by atoms with E-state index >= 15 is 0 Å². The van der Waals surface area contributed by atoms with Gasteiger partial charge in [0.05, 0.1) is 12.6 Å². The molecular formula is C14H17NO5. The standard InChI is InChI=1S/C14H17NO5/c1-2-19-12(16)14(18)8-11(14)15-13(17)20-9-10-6-4-3-5-7-10/h3-7,11,18H,2,8-9H2,1H3,(H,15,17)/t11?,14-/m0/s1. The smallest absolute Gasteiger partial charge is 0.407 e. The van der Waals surface area contributed by atoms with Crippen LogP contribution in [0.25, 0.3) is 0 Å². The second-order valence-corrected chi connectivity index (χ2v) is 4.61. The highest BCUT2D eigenvalue weighted by Gasteiger charge is 2.61. The van der Waals surface area contributed by atoms with Gasteiger partial charge < -0.3 is 19.9 Å². The van der Waals surface area contributed by atoms with Crippen molar-refractivity contribution in [3.63, 3.8) is 0 Å². The lowest BCUT2D eigenvalue weighted by Gasteiger charge is -2.10. The number of benzene rings is 1. The third-order valence-corrected chi connectivity index (χ3v) is 3.07. The van der Waals surface area contributed by atoms with Crippen LogP contribution < -0.4 is 5.32 Å². The third-order valence-electron chi connectivity index (χ3n) is 3.07. The molecule has 1 aromatic carbocycles. The van der Waals surface area contributed by atoms with Crippen LogP contribution in [-0.2, 0) is 20.9 Å². The molecule has 0 aliphatic heterocycles. The molecule has 1 amide bonds. The zero-order chi connectivity index (χ0) is 14.6. The first kappa shape index (κ1) is 14.3. The Morgan fingerprint density at radius 2 is 2.05 bits per heavy atom. The summed E-state index contributed by atoms with van der Waals surface area (Å²) in [6.45, 7) is 1.98. The van der Waals surface area contributed by atoms with Gasteiger partial charge in [-0.3, -0.25) is 0 Å². The van der Waals surface area contributed by atoms with Crippen molar-refractivity contribution in [3.8, 4) is 0 Å². The minimum Gasteiger partial charge on any atom is -0.464 e. The number of rotatable bonds is 5. The van der Waals surface area contributed by atoms with Crippen molar-refractivity contribution in [1.82, 2.24) is 5.32 Å². The van der Waals surface area contributed by atoms with E-state index in [-0.39, 0.29) is 19.6 Å². The van der Waals surface area contributed by atoms with Gasteiger partial charge >= 0.3 is 12.1 Å². The molecule has 20 heavy (non-hydrogen) atoms. The van der Waals surface area contributed by atoms with E-state index < -0.39 is 23.7 Å². The van der Waals surface area contributed by atoms with E-state index in [2.05, 4.69) is 5.32 Å². The molecule has 1 aliphatic rings. The average Bonchev–Trinajstić information content (AvgIpc) is 3.10. The summed E-state index contributed by atoms with van der Waals surface area (Å²) < 4.78 is 9.73. The van der Waals surface area contributed by atoms with Crippen LogP contribution in [0.15, 0.2) is 30.3 Å². The van der Waals surface area contributed by atoms with E-state index in [9.17, 15) is 14.7 Å². The maximum absolute atomic E-state index is 11.5. The molecule has 0 saturated heterocycles. The van der Waals surface area contributed by atoms with Gasteiger partial charge in [-0.25, -0.2) is 9.59 Å². The van der Waals surface area contributed by atoms with Crippen LogP contribution in [0.1, 0.15) is 18.9 Å². The number of amides is 1. The Morgan fingerprint density at radius 1 is 1.35 bits per heavy atom. The van der Waals surface area contributed by atoms with Gasteiger partial charge in [0, 0.05) is 6.42 Å². The molecular weight excluding hydrogens is 262 g/mol. The van der Waals surface area contributed by atoms with Crippen molar-refractivity contribution in [3.05, 3.63) is 35.9 Å². The zero-order valence-electron chi connectivity index (χ0n) is 11.2. The number of esters is 1. The second kappa shape index (κ2) is 5.92. The van der Waals surface area contributed by atoms with Gasteiger partial charge in [-0.1, -0.05) is 30.3 Å². The molecule has 0 heterocycles. The largest absolute Gasteiger partial charge is 0.464 e. The molecule has 1 aromatic rings. The highest BCUT2D eigenvalue weighted by atomic mass is 16.6. The maximum atomic E-state index is 11.5. The molecule has 0 aromatic heterocycles. The molecule has 1 unspecified atom stereocenters. The average molecular weight is 279 g/mol. The van der Waals surface area contributed by atoms with Crippen LogP contribution in [0.2, 0.25) is 0 Å². The normalized spacial score (nSPS) is 23.8. The first-order valence-electron chi connectivity index (χ1n) is 6.43. The van der Waals surface area contributed by atoms with Gasteiger partial charge in [0.15, 0.2) is 5.60 Å². The van der Waals surface area contributed by atoms with Crippen LogP contribution in [0.3, 0.4) is 0 Å². The van der Waals surface area contributed by atoms with E-state index in [1.807, 2.05) is 30.3 Å². The lowest BCUT2D eigenvalue weighted by atomic mass is 10.2. The number of alkyl carbamates (subject to hydrolysis) is 1. The minimum atomic E-state index is -1.61. The fourth-order valence-electron chi connectivity index (χ4n) is 1.81. The topological polar surface area (TPSA) is 84.9 Å². The molecule has 1 aliphatic carbocycles. The number of carbonyl (C=O) groups is 2. The molecule has 0 spiro atoms. The van der Waals surface area contributed by atoms with Gasteiger partial charge in [-0.15, -0.1) is 0 Å². The van der Waals surface area contributed by atoms with Gasteiger partial charge in [0.1, 0.15) is 6.61 Å². The van der Waals surface area contributed by atoms with Crippen LogP contribution in [0.5, 0.6) is 0 Å². The molecule has 0 radical (unpaired) electrons. The Kier molecular flexibility index (Phi) is 4.24. The lowest BCUT2D eigenvalue weighted by molar-refractivity contribution is -0.155. The summed E-state index contributed by atoms with van der Waals surface area (Å²) in [5, 5.41) is 12.3. The Balaban J connectivity index is 1.75. The summed E-state index contributed by atoms with van der Waals surface area (Å²) in [7, 11) is 0. The lowest BCUT2D eigenvalue weighted by Crippen LogP contribution is -2.37. The highest BCUT2D eigenvalue weighted by Crippen LogP contribution is 2.37. The van der Waals surface area contributed by atoms with Crippen molar-refractivity contribution in [1.29, 1.82) is 0 Å². The fraction of sp³-hybridized carbons (Fsp3) is 0.429. The number of hydrogen-bond acceptors (Lipinski definition) is 5. The Hall–Kier alpha value is -2.08. The van der Waals surface area contributed by atoms with E-state index in [1.165, 1.54) is 0 Å². The number of aliphatic hydroxyl groups is 1. The molecule has 2 N–H and O–H groups in total. The predicted molar refractivity (Wildman–Crippen MR) is 69.8 cm³/mol. The summed E-state index contributed by atoms with van der Waals surface area (Å²) in [4.78, 5) is 23.0.